The van der Waals surface area contributed by atoms with E-state index in [4.69, 9.17) is 23.2 Å². The summed E-state index contributed by atoms with van der Waals surface area (Å²) >= 11 is 10.2. The lowest BCUT2D eigenvalue weighted by Gasteiger charge is -2.28. The summed E-state index contributed by atoms with van der Waals surface area (Å²) in [6.07, 6.45) is 0. The fourth-order valence-corrected chi connectivity index (χ4v) is 3.53. The van der Waals surface area contributed by atoms with Crippen LogP contribution in [0.3, 0.4) is 0 Å². The minimum atomic E-state index is -2.19. The van der Waals surface area contributed by atoms with Gasteiger partial charge in [0.1, 0.15) is 5.82 Å². The summed E-state index contributed by atoms with van der Waals surface area (Å²) in [6, 6.07) is 5.43. The Balaban J connectivity index is 2.39. The van der Waals surface area contributed by atoms with E-state index < -0.39 is 15.8 Å². The predicted octanol–water partition coefficient (Wildman–Crippen LogP) is 4.26. The lowest BCUT2D eigenvalue weighted by atomic mass is 9.92. The molecule has 1 aromatic heterocycles. The van der Waals surface area contributed by atoms with Gasteiger partial charge in [-0.1, -0.05) is 36.2 Å². The second-order valence-electron chi connectivity index (χ2n) is 6.71. The molecule has 1 aromatic carbocycles. The Labute approximate surface area is 161 Å². The first-order valence-corrected chi connectivity index (χ1v) is 9.69. The normalized spacial score (nSPS) is 14.4. The van der Waals surface area contributed by atoms with Crippen LogP contribution in [0.15, 0.2) is 18.2 Å². The van der Waals surface area contributed by atoms with Crippen molar-refractivity contribution in [3.63, 3.8) is 0 Å². The largest absolute Gasteiger partial charge is 0.772 e. The second kappa shape index (κ2) is 7.66. The predicted molar refractivity (Wildman–Crippen MR) is 103 cm³/mol. The average molecular weight is 403 g/mol. The molecule has 2 rings (SSSR count). The number of nitrogens with one attached hydrogen (secondary N) is 1. The number of nitrogens with zero attached hydrogens (tertiary/aromatic N) is 2. The van der Waals surface area contributed by atoms with Crippen molar-refractivity contribution < 1.29 is 8.76 Å². The molecule has 0 saturated heterocycles. The van der Waals surface area contributed by atoms with Crippen LogP contribution in [0.4, 0.5) is 5.82 Å². The van der Waals surface area contributed by atoms with Crippen LogP contribution >= 0.6 is 23.2 Å². The van der Waals surface area contributed by atoms with Gasteiger partial charge in [-0.15, -0.1) is 0 Å². The number of aryl methyl sites for hydroxylation is 2. The molecule has 2 atom stereocenters. The van der Waals surface area contributed by atoms with Crippen molar-refractivity contribution in [3.8, 4) is 0 Å². The van der Waals surface area contributed by atoms with Gasteiger partial charge in [0.25, 0.3) is 0 Å². The van der Waals surface area contributed by atoms with Crippen LogP contribution < -0.4 is 5.32 Å². The molecule has 0 bridgehead atoms. The third-order valence-electron chi connectivity index (χ3n) is 4.26. The van der Waals surface area contributed by atoms with Gasteiger partial charge in [0, 0.05) is 39.9 Å². The van der Waals surface area contributed by atoms with Crippen LogP contribution in [0.2, 0.25) is 10.0 Å². The Morgan fingerprint density at radius 1 is 1.40 bits per heavy atom. The lowest BCUT2D eigenvalue weighted by Crippen LogP contribution is -2.35. The topological polar surface area (TPSA) is 70.0 Å². The first kappa shape index (κ1) is 20.2. The Bertz CT molecular complexity index is 805. The summed E-state index contributed by atoms with van der Waals surface area (Å²) in [7, 11) is 1.83. The summed E-state index contributed by atoms with van der Waals surface area (Å²) in [4.78, 5) is 0. The van der Waals surface area contributed by atoms with E-state index in [2.05, 4.69) is 10.4 Å². The number of hydrogen-bond donors (Lipinski definition) is 1. The van der Waals surface area contributed by atoms with E-state index in [0.29, 0.717) is 10.0 Å². The quantitative estimate of drug-likeness (QED) is 0.732. The molecule has 138 valence electrons. The Hall–Kier alpha value is -1.08. The third kappa shape index (κ3) is 4.37. The monoisotopic (exact) mass is 402 g/mol. The highest BCUT2D eigenvalue weighted by molar-refractivity contribution is 7.80. The summed E-state index contributed by atoms with van der Waals surface area (Å²) in [6.45, 7) is 7.59. The number of rotatable bonds is 6. The van der Waals surface area contributed by atoms with Crippen LogP contribution in [0.5, 0.6) is 0 Å². The smallest absolute Gasteiger partial charge is 0.128 e. The lowest BCUT2D eigenvalue weighted by molar-refractivity contribution is 0.499. The Morgan fingerprint density at radius 3 is 2.60 bits per heavy atom. The van der Waals surface area contributed by atoms with Crippen molar-refractivity contribution >= 4 is 40.1 Å². The molecule has 25 heavy (non-hydrogen) atoms. The van der Waals surface area contributed by atoms with Crippen molar-refractivity contribution in [2.24, 2.45) is 7.05 Å². The summed E-state index contributed by atoms with van der Waals surface area (Å²) in [5.74, 6) is 0.761. The zero-order valence-corrected chi connectivity index (χ0v) is 17.2. The molecule has 0 aliphatic rings. The zero-order valence-electron chi connectivity index (χ0n) is 14.9. The maximum atomic E-state index is 11.4. The molecule has 0 aliphatic heterocycles. The SMILES string of the molecule is Cc1nn(C)c(NCC(C)(C)S(=O)[O-])c1C(C)c1ccc(Cl)cc1Cl. The molecule has 2 aromatic rings. The number of halogens is 2. The van der Waals surface area contributed by atoms with E-state index in [1.54, 1.807) is 24.6 Å². The van der Waals surface area contributed by atoms with E-state index in [-0.39, 0.29) is 12.5 Å². The van der Waals surface area contributed by atoms with Crippen molar-refractivity contribution in [3.05, 3.63) is 45.1 Å². The summed E-state index contributed by atoms with van der Waals surface area (Å²) < 4.78 is 23.6. The highest BCUT2D eigenvalue weighted by Crippen LogP contribution is 2.37. The first-order chi connectivity index (χ1) is 11.5. The van der Waals surface area contributed by atoms with Crippen molar-refractivity contribution in [2.75, 3.05) is 11.9 Å². The van der Waals surface area contributed by atoms with Crippen LogP contribution in [0.1, 0.15) is 43.5 Å². The Morgan fingerprint density at radius 2 is 2.04 bits per heavy atom. The molecule has 1 heterocycles. The molecule has 0 saturated carbocycles. The molecule has 2 unspecified atom stereocenters. The van der Waals surface area contributed by atoms with E-state index >= 15 is 0 Å². The van der Waals surface area contributed by atoms with Gasteiger partial charge in [0.2, 0.25) is 0 Å². The number of anilines is 1. The molecule has 0 fully saturated rings. The summed E-state index contributed by atoms with van der Waals surface area (Å²) in [5.41, 5.74) is 2.79. The minimum absolute atomic E-state index is 0.0261. The molecule has 8 heteroatoms. The molecule has 0 radical (unpaired) electrons. The Kier molecular flexibility index (Phi) is 6.20. The minimum Gasteiger partial charge on any atom is -0.772 e. The molecular formula is C17H22Cl2N3O2S-. The van der Waals surface area contributed by atoms with Crippen molar-refractivity contribution in [1.82, 2.24) is 9.78 Å². The van der Waals surface area contributed by atoms with Crippen molar-refractivity contribution in [1.29, 1.82) is 0 Å². The second-order valence-corrected chi connectivity index (χ2v) is 9.12. The molecule has 0 aliphatic carbocycles. The average Bonchev–Trinajstić information content (AvgIpc) is 2.78. The highest BCUT2D eigenvalue weighted by Gasteiger charge is 2.25. The fraction of sp³-hybridized carbons (Fsp3) is 0.471. The maximum absolute atomic E-state index is 11.4. The fourth-order valence-electron chi connectivity index (χ4n) is 2.77. The third-order valence-corrected chi connectivity index (χ3v) is 5.87. The van der Waals surface area contributed by atoms with Gasteiger partial charge in [-0.25, -0.2) is 0 Å². The number of benzene rings is 1. The van der Waals surface area contributed by atoms with Crippen LogP contribution in [-0.2, 0) is 18.1 Å². The van der Waals surface area contributed by atoms with Gasteiger partial charge < -0.3 is 9.87 Å². The van der Waals surface area contributed by atoms with Gasteiger partial charge in [-0.3, -0.25) is 8.89 Å². The van der Waals surface area contributed by atoms with Crippen LogP contribution in [-0.4, -0.2) is 29.8 Å². The number of aromatic nitrogens is 2. The molecule has 1 N–H and O–H groups in total. The number of hydrogen-bond acceptors (Lipinski definition) is 4. The van der Waals surface area contributed by atoms with E-state index in [0.717, 1.165) is 22.6 Å². The van der Waals surface area contributed by atoms with Gasteiger partial charge in [0.15, 0.2) is 0 Å². The molecule has 0 spiro atoms. The molecular weight excluding hydrogens is 381 g/mol. The van der Waals surface area contributed by atoms with Gasteiger partial charge in [0.05, 0.1) is 5.69 Å². The highest BCUT2D eigenvalue weighted by atomic mass is 35.5. The van der Waals surface area contributed by atoms with Crippen LogP contribution in [0.25, 0.3) is 0 Å². The first-order valence-electron chi connectivity index (χ1n) is 7.86. The van der Waals surface area contributed by atoms with Gasteiger partial charge in [-0.2, -0.15) is 5.10 Å². The van der Waals surface area contributed by atoms with E-state index in [9.17, 15) is 8.76 Å². The van der Waals surface area contributed by atoms with Crippen molar-refractivity contribution in [2.45, 2.75) is 38.4 Å². The van der Waals surface area contributed by atoms with Gasteiger partial charge in [-0.05, 0) is 49.5 Å². The summed E-state index contributed by atoms with van der Waals surface area (Å²) in [5, 5.41) is 8.90. The van der Waals surface area contributed by atoms with E-state index in [1.165, 1.54) is 0 Å². The maximum Gasteiger partial charge on any atom is 0.128 e. The zero-order chi connectivity index (χ0) is 18.9. The van der Waals surface area contributed by atoms with Crippen LogP contribution in [0, 0.1) is 6.92 Å². The standard InChI is InChI=1S/C17H23Cl2N3O2S/c1-10(13-7-6-12(18)8-14(13)19)15-11(2)21-22(5)16(15)20-9-17(3,4)25(23)24/h6-8,10,20H,9H2,1-5H3,(H,23,24)/p-1. The molecule has 5 nitrogen and oxygen atoms in total. The van der Waals surface area contributed by atoms with Gasteiger partial charge >= 0.3 is 0 Å². The molecule has 0 amide bonds. The van der Waals surface area contributed by atoms with E-state index in [1.807, 2.05) is 33.0 Å².